The lowest BCUT2D eigenvalue weighted by atomic mass is 9.83. The molecule has 166 valence electrons. The molecule has 0 aliphatic carbocycles. The summed E-state index contributed by atoms with van der Waals surface area (Å²) in [6, 6.07) is 0. The van der Waals surface area contributed by atoms with Crippen molar-refractivity contribution in [3.05, 3.63) is 0 Å². The average molecular weight is 423 g/mol. The van der Waals surface area contributed by atoms with Crippen molar-refractivity contribution in [2.45, 2.75) is 50.6 Å². The molecule has 0 bridgehead atoms. The molecule has 0 aromatic carbocycles. The Kier molecular flexibility index (Phi) is 10.1. The maximum absolute atomic E-state index is 12.4. The molecule has 0 aromatic rings. The summed E-state index contributed by atoms with van der Waals surface area (Å²) in [5, 5.41) is 44.8. The van der Waals surface area contributed by atoms with Crippen LogP contribution in [0.25, 0.3) is 0 Å². The number of nitrogens with zero attached hydrogens (tertiary/aromatic N) is 1. The number of carbonyl (C=O) groups excluding carboxylic acids is 4. The van der Waals surface area contributed by atoms with Crippen molar-refractivity contribution >= 4 is 29.6 Å². The van der Waals surface area contributed by atoms with Crippen LogP contribution in [0.1, 0.15) is 39.5 Å². The van der Waals surface area contributed by atoms with Crippen LogP contribution in [0.5, 0.6) is 0 Å². The zero-order valence-electron chi connectivity index (χ0n) is 15.8. The van der Waals surface area contributed by atoms with Gasteiger partial charge in [-0.15, -0.1) is 0 Å². The van der Waals surface area contributed by atoms with Crippen LogP contribution in [-0.4, -0.2) is 78.1 Å². The van der Waals surface area contributed by atoms with E-state index in [1.54, 1.807) is 0 Å². The van der Waals surface area contributed by atoms with Crippen molar-refractivity contribution in [2.24, 2.45) is 0 Å². The summed E-state index contributed by atoms with van der Waals surface area (Å²) in [4.78, 5) is 59.9. The minimum absolute atomic E-state index is 0.487. The number of aliphatic carboxylic acids is 1. The minimum Gasteiger partial charge on any atom is -0.480 e. The highest BCUT2D eigenvalue weighted by molar-refractivity contribution is 5.91. The number of amides is 4. The van der Waals surface area contributed by atoms with E-state index in [2.05, 4.69) is 0 Å². The van der Waals surface area contributed by atoms with E-state index >= 15 is 0 Å². The van der Waals surface area contributed by atoms with Crippen LogP contribution < -0.4 is 21.9 Å². The van der Waals surface area contributed by atoms with Gasteiger partial charge in [-0.25, -0.2) is 21.9 Å². The molecule has 0 saturated carbocycles. The largest absolute Gasteiger partial charge is 0.480 e. The summed E-state index contributed by atoms with van der Waals surface area (Å²) in [6.45, 7) is 1.23. The smallest absolute Gasteiger partial charge is 0.317 e. The predicted octanol–water partition coefficient (Wildman–Crippen LogP) is -2.53. The first-order valence-corrected chi connectivity index (χ1v) is 8.17. The molecule has 0 heterocycles. The molecule has 0 saturated heterocycles. The molecule has 9 N–H and O–H groups in total. The Morgan fingerprint density at radius 3 is 1.31 bits per heavy atom. The molecule has 0 rings (SSSR count). The molecule has 0 spiro atoms. The molecule has 0 radical (unpaired) electrons. The third-order valence-corrected chi connectivity index (χ3v) is 4.59. The van der Waals surface area contributed by atoms with Gasteiger partial charge in [-0.05, 0) is 26.7 Å². The highest BCUT2D eigenvalue weighted by Gasteiger charge is 2.52. The van der Waals surface area contributed by atoms with E-state index in [0.29, 0.717) is 0 Å². The van der Waals surface area contributed by atoms with E-state index in [9.17, 15) is 29.1 Å². The average Bonchev–Trinajstić information content (AvgIpc) is 2.71. The summed E-state index contributed by atoms with van der Waals surface area (Å²) in [6.07, 6.45) is -2.02. The standard InChI is InChI=1S/C14H25N5O10/c1-13(11(24)17-28,5-3-8(20)15-26)19(7-10(22)23)14(2,12(25)18-29)6-4-9(21)16-27/h26-29H,3-7H2,1-2H3,(H,15,20)(H,16,21)(H,17,24)(H,18,25)(H,22,23). The maximum atomic E-state index is 12.4. The predicted molar refractivity (Wildman–Crippen MR) is 89.3 cm³/mol. The highest BCUT2D eigenvalue weighted by Crippen LogP contribution is 2.33. The van der Waals surface area contributed by atoms with Crippen molar-refractivity contribution in [2.75, 3.05) is 6.54 Å². The van der Waals surface area contributed by atoms with Gasteiger partial charge in [-0.3, -0.25) is 49.7 Å². The molecule has 0 aliphatic heterocycles. The van der Waals surface area contributed by atoms with Crippen LogP contribution in [0.4, 0.5) is 0 Å². The van der Waals surface area contributed by atoms with Gasteiger partial charge in [0.15, 0.2) is 0 Å². The summed E-state index contributed by atoms with van der Waals surface area (Å²) in [7, 11) is 0. The fourth-order valence-electron chi connectivity index (χ4n) is 2.84. The number of nitrogens with one attached hydrogen (secondary N) is 4. The first kappa shape index (κ1) is 26.1. The molecular formula is C14H25N5O10. The Balaban J connectivity index is 6.39. The molecule has 0 fully saturated rings. The van der Waals surface area contributed by atoms with E-state index < -0.39 is 72.9 Å². The maximum Gasteiger partial charge on any atom is 0.317 e. The van der Waals surface area contributed by atoms with Crippen LogP contribution in [-0.2, 0) is 24.0 Å². The van der Waals surface area contributed by atoms with Gasteiger partial charge in [-0.1, -0.05) is 0 Å². The monoisotopic (exact) mass is 423 g/mol. The molecule has 4 amide bonds. The minimum atomic E-state index is -2.05. The zero-order chi connectivity index (χ0) is 22.8. The van der Waals surface area contributed by atoms with Gasteiger partial charge in [0.2, 0.25) is 11.8 Å². The van der Waals surface area contributed by atoms with E-state index in [0.717, 1.165) is 18.7 Å². The Morgan fingerprint density at radius 2 is 1.07 bits per heavy atom. The number of hydroxylamine groups is 4. The van der Waals surface area contributed by atoms with Gasteiger partial charge in [0.05, 0.1) is 6.54 Å². The summed E-state index contributed by atoms with van der Waals surface area (Å²) in [5.74, 6) is -5.80. The third-order valence-electron chi connectivity index (χ3n) is 4.59. The van der Waals surface area contributed by atoms with E-state index in [-0.39, 0.29) is 0 Å². The lowest BCUT2D eigenvalue weighted by Crippen LogP contribution is -2.69. The second-order valence-electron chi connectivity index (χ2n) is 6.48. The van der Waals surface area contributed by atoms with Gasteiger partial charge >= 0.3 is 5.97 Å². The first-order valence-electron chi connectivity index (χ1n) is 8.17. The van der Waals surface area contributed by atoms with Crippen LogP contribution in [0.3, 0.4) is 0 Å². The van der Waals surface area contributed by atoms with Gasteiger partial charge in [0.25, 0.3) is 11.8 Å². The molecule has 29 heavy (non-hydrogen) atoms. The fourth-order valence-corrected chi connectivity index (χ4v) is 2.84. The number of carboxylic acid groups (broad SMARTS) is 1. The lowest BCUT2D eigenvalue weighted by Gasteiger charge is -2.48. The van der Waals surface area contributed by atoms with Crippen molar-refractivity contribution in [1.82, 2.24) is 26.8 Å². The lowest BCUT2D eigenvalue weighted by molar-refractivity contribution is -0.162. The highest BCUT2D eigenvalue weighted by atomic mass is 16.5. The molecule has 15 nitrogen and oxygen atoms in total. The summed E-state index contributed by atoms with van der Waals surface area (Å²) in [5.41, 5.74) is 1.21. The second-order valence-corrected chi connectivity index (χ2v) is 6.48. The normalized spacial score (nSPS) is 14.9. The Bertz CT molecular complexity index is 598. The SMILES string of the molecule is CC(CCC(=O)NO)(C(=O)NO)N(CC(=O)O)C(C)(CCC(=O)NO)C(=O)NO. The molecule has 0 aromatic heterocycles. The number of hydrogen-bond acceptors (Lipinski definition) is 10. The molecule has 15 heteroatoms. The molecule has 2 atom stereocenters. The van der Waals surface area contributed by atoms with Crippen LogP contribution >= 0.6 is 0 Å². The van der Waals surface area contributed by atoms with Crippen molar-refractivity contribution in [3.8, 4) is 0 Å². The zero-order valence-corrected chi connectivity index (χ0v) is 15.8. The van der Waals surface area contributed by atoms with Crippen molar-refractivity contribution < 1.29 is 49.9 Å². The Hall–Kier alpha value is -2.85. The van der Waals surface area contributed by atoms with E-state index in [1.165, 1.54) is 21.9 Å². The molecule has 2 unspecified atom stereocenters. The third kappa shape index (κ3) is 6.61. The fraction of sp³-hybridized carbons (Fsp3) is 0.643. The van der Waals surface area contributed by atoms with Gasteiger partial charge < -0.3 is 5.11 Å². The van der Waals surface area contributed by atoms with E-state index in [4.69, 9.17) is 20.8 Å². The summed E-state index contributed by atoms with van der Waals surface area (Å²) >= 11 is 0. The van der Waals surface area contributed by atoms with Crippen molar-refractivity contribution in [3.63, 3.8) is 0 Å². The Labute approximate surface area is 164 Å². The van der Waals surface area contributed by atoms with Crippen LogP contribution in [0, 0.1) is 0 Å². The van der Waals surface area contributed by atoms with Crippen LogP contribution in [0.2, 0.25) is 0 Å². The quantitative estimate of drug-likeness (QED) is 0.117. The van der Waals surface area contributed by atoms with Gasteiger partial charge in [0.1, 0.15) is 11.1 Å². The topological polar surface area (TPSA) is 238 Å². The number of rotatable bonds is 12. The van der Waals surface area contributed by atoms with E-state index in [1.807, 2.05) is 0 Å². The first-order chi connectivity index (χ1) is 13.4. The molecule has 0 aliphatic rings. The molecular weight excluding hydrogens is 398 g/mol. The van der Waals surface area contributed by atoms with Crippen molar-refractivity contribution in [1.29, 1.82) is 0 Å². The number of carboxylic acids is 1. The number of hydrogen-bond donors (Lipinski definition) is 9. The van der Waals surface area contributed by atoms with Gasteiger partial charge in [-0.2, -0.15) is 0 Å². The Morgan fingerprint density at radius 1 is 0.724 bits per heavy atom. The second kappa shape index (κ2) is 11.2. The van der Waals surface area contributed by atoms with Crippen LogP contribution in [0.15, 0.2) is 0 Å². The number of carbonyl (C=O) groups is 5. The summed E-state index contributed by atoms with van der Waals surface area (Å²) < 4.78 is 0. The van der Waals surface area contributed by atoms with Gasteiger partial charge in [0, 0.05) is 12.8 Å².